The number of aldehydes is 1. The minimum atomic E-state index is -0.547. The van der Waals surface area contributed by atoms with E-state index in [0.29, 0.717) is 25.0 Å². The van der Waals surface area contributed by atoms with Crippen molar-refractivity contribution in [1.82, 2.24) is 4.90 Å². The quantitative estimate of drug-likeness (QED) is 0.614. The van der Waals surface area contributed by atoms with Crippen LogP contribution in [0.25, 0.3) is 0 Å². The summed E-state index contributed by atoms with van der Waals surface area (Å²) in [6.45, 7) is 3.06. The highest BCUT2D eigenvalue weighted by molar-refractivity contribution is 5.75. The maximum absolute atomic E-state index is 13.7. The molecule has 21 heavy (non-hydrogen) atoms. The van der Waals surface area contributed by atoms with Gasteiger partial charge in [0.05, 0.1) is 18.2 Å². The number of carbonyl (C=O) groups is 2. The Morgan fingerprint density at radius 3 is 3.00 bits per heavy atom. The lowest BCUT2D eigenvalue weighted by molar-refractivity contribution is 0.0967. The highest BCUT2D eigenvalue weighted by Gasteiger charge is 2.31. The Balaban J connectivity index is 2.09. The molecule has 1 atom stereocenters. The van der Waals surface area contributed by atoms with Crippen molar-refractivity contribution in [1.29, 1.82) is 0 Å². The summed E-state index contributed by atoms with van der Waals surface area (Å²) in [5.74, 6) is -0.547. The summed E-state index contributed by atoms with van der Waals surface area (Å²) >= 11 is 0. The van der Waals surface area contributed by atoms with E-state index in [0.717, 1.165) is 25.7 Å². The van der Waals surface area contributed by atoms with Crippen molar-refractivity contribution < 1.29 is 18.7 Å². The fourth-order valence-corrected chi connectivity index (χ4v) is 2.56. The first-order valence-electron chi connectivity index (χ1n) is 7.35. The van der Waals surface area contributed by atoms with E-state index in [1.165, 1.54) is 12.1 Å². The summed E-state index contributed by atoms with van der Waals surface area (Å²) < 4.78 is 18.9. The summed E-state index contributed by atoms with van der Waals surface area (Å²) in [6.07, 6.45) is 3.60. The van der Waals surface area contributed by atoms with E-state index >= 15 is 0 Å². The number of amides is 1. The van der Waals surface area contributed by atoms with Crippen molar-refractivity contribution in [3.05, 3.63) is 35.1 Å². The molecule has 1 unspecified atom stereocenters. The van der Waals surface area contributed by atoms with Crippen molar-refractivity contribution in [2.75, 3.05) is 13.2 Å². The van der Waals surface area contributed by atoms with Crippen LogP contribution in [0.15, 0.2) is 18.2 Å². The van der Waals surface area contributed by atoms with Crippen LogP contribution in [0.5, 0.6) is 0 Å². The molecule has 1 aliphatic heterocycles. The average Bonchev–Trinajstić information content (AvgIpc) is 2.96. The molecule has 1 aromatic rings. The molecule has 5 heteroatoms. The van der Waals surface area contributed by atoms with E-state index in [1.54, 1.807) is 11.0 Å². The maximum atomic E-state index is 13.7. The summed E-state index contributed by atoms with van der Waals surface area (Å²) in [4.78, 5) is 24.4. The first kappa shape index (κ1) is 15.5. The van der Waals surface area contributed by atoms with Crippen LogP contribution in [0.3, 0.4) is 0 Å². The van der Waals surface area contributed by atoms with Crippen molar-refractivity contribution in [3.8, 4) is 0 Å². The van der Waals surface area contributed by atoms with Crippen LogP contribution in [0.1, 0.15) is 54.6 Å². The van der Waals surface area contributed by atoms with Crippen LogP contribution in [-0.4, -0.2) is 30.4 Å². The van der Waals surface area contributed by atoms with Gasteiger partial charge in [0.2, 0.25) is 0 Å². The van der Waals surface area contributed by atoms with Gasteiger partial charge in [0.15, 0.2) is 6.29 Å². The molecule has 1 fully saturated rings. The second-order valence-corrected chi connectivity index (χ2v) is 5.22. The zero-order chi connectivity index (χ0) is 15.2. The van der Waals surface area contributed by atoms with Crippen LogP contribution >= 0.6 is 0 Å². The van der Waals surface area contributed by atoms with Crippen molar-refractivity contribution in [3.63, 3.8) is 0 Å². The SMILES string of the molecule is CCCCOC(=O)N1CCCC1c1ccc(C=O)c(F)c1. The normalized spacial score (nSPS) is 17.8. The predicted octanol–water partition coefficient (Wildman–Crippen LogP) is 3.71. The van der Waals surface area contributed by atoms with Gasteiger partial charge in [0, 0.05) is 6.54 Å². The molecular formula is C16H20FNO3. The van der Waals surface area contributed by atoms with Crippen LogP contribution in [0.2, 0.25) is 0 Å². The molecule has 1 saturated heterocycles. The van der Waals surface area contributed by atoms with Gasteiger partial charge in [-0.05, 0) is 37.0 Å². The third-order valence-corrected chi connectivity index (χ3v) is 3.75. The van der Waals surface area contributed by atoms with Gasteiger partial charge in [-0.1, -0.05) is 19.4 Å². The molecule has 1 aromatic carbocycles. The van der Waals surface area contributed by atoms with Gasteiger partial charge >= 0.3 is 6.09 Å². The fourth-order valence-electron chi connectivity index (χ4n) is 2.56. The minimum absolute atomic E-state index is 0.0359. The Labute approximate surface area is 123 Å². The number of hydrogen-bond donors (Lipinski definition) is 0. The fraction of sp³-hybridized carbons (Fsp3) is 0.500. The van der Waals surface area contributed by atoms with E-state index in [4.69, 9.17) is 4.74 Å². The Morgan fingerprint density at radius 2 is 2.33 bits per heavy atom. The van der Waals surface area contributed by atoms with Gasteiger partial charge in [-0.25, -0.2) is 9.18 Å². The Kier molecular flexibility index (Phi) is 5.31. The van der Waals surface area contributed by atoms with Crippen LogP contribution in [-0.2, 0) is 4.74 Å². The first-order valence-corrected chi connectivity index (χ1v) is 7.35. The molecule has 0 aromatic heterocycles. The summed E-state index contributed by atoms with van der Waals surface area (Å²) in [6, 6.07) is 4.33. The van der Waals surface area contributed by atoms with E-state index < -0.39 is 5.82 Å². The Bertz CT molecular complexity index is 518. The topological polar surface area (TPSA) is 46.6 Å². The smallest absolute Gasteiger partial charge is 0.410 e. The maximum Gasteiger partial charge on any atom is 0.410 e. The molecule has 114 valence electrons. The largest absolute Gasteiger partial charge is 0.449 e. The predicted molar refractivity (Wildman–Crippen MR) is 76.7 cm³/mol. The monoisotopic (exact) mass is 293 g/mol. The highest BCUT2D eigenvalue weighted by Crippen LogP contribution is 2.33. The number of benzene rings is 1. The molecule has 0 saturated carbocycles. The van der Waals surface area contributed by atoms with E-state index in [2.05, 4.69) is 0 Å². The standard InChI is InChI=1S/C16H20FNO3/c1-2-3-9-21-16(20)18-8-4-5-15(18)12-6-7-13(11-19)14(17)10-12/h6-7,10-11,15H,2-5,8-9H2,1H3. The van der Waals surface area contributed by atoms with Gasteiger partial charge in [-0.2, -0.15) is 0 Å². The molecule has 0 radical (unpaired) electrons. The number of ether oxygens (including phenoxy) is 1. The molecule has 1 heterocycles. The Hall–Kier alpha value is -1.91. The Morgan fingerprint density at radius 1 is 1.52 bits per heavy atom. The molecule has 1 aliphatic rings. The van der Waals surface area contributed by atoms with Crippen molar-refractivity contribution >= 4 is 12.4 Å². The van der Waals surface area contributed by atoms with Gasteiger partial charge in [-0.15, -0.1) is 0 Å². The number of carbonyl (C=O) groups excluding carboxylic acids is 2. The second kappa shape index (κ2) is 7.20. The third-order valence-electron chi connectivity index (χ3n) is 3.75. The molecule has 0 N–H and O–H groups in total. The van der Waals surface area contributed by atoms with Gasteiger partial charge in [-0.3, -0.25) is 4.79 Å². The van der Waals surface area contributed by atoms with Gasteiger partial charge < -0.3 is 9.64 Å². The average molecular weight is 293 g/mol. The number of likely N-dealkylation sites (tertiary alicyclic amines) is 1. The molecule has 0 bridgehead atoms. The van der Waals surface area contributed by atoms with Crippen LogP contribution in [0.4, 0.5) is 9.18 Å². The molecule has 1 amide bonds. The number of rotatable bonds is 5. The lowest BCUT2D eigenvalue weighted by atomic mass is 10.0. The lowest BCUT2D eigenvalue weighted by Gasteiger charge is -2.24. The zero-order valence-electron chi connectivity index (χ0n) is 12.2. The van der Waals surface area contributed by atoms with Crippen LogP contribution < -0.4 is 0 Å². The zero-order valence-corrected chi connectivity index (χ0v) is 12.2. The molecular weight excluding hydrogens is 273 g/mol. The van der Waals surface area contributed by atoms with Gasteiger partial charge in [0.25, 0.3) is 0 Å². The van der Waals surface area contributed by atoms with Crippen LogP contribution in [0, 0.1) is 5.82 Å². The lowest BCUT2D eigenvalue weighted by Crippen LogP contribution is -2.31. The molecule has 4 nitrogen and oxygen atoms in total. The molecule has 0 spiro atoms. The summed E-state index contributed by atoms with van der Waals surface area (Å²) in [7, 11) is 0. The number of halogens is 1. The van der Waals surface area contributed by atoms with E-state index in [-0.39, 0.29) is 17.7 Å². The molecule has 0 aliphatic carbocycles. The number of hydrogen-bond acceptors (Lipinski definition) is 3. The second-order valence-electron chi connectivity index (χ2n) is 5.22. The highest BCUT2D eigenvalue weighted by atomic mass is 19.1. The minimum Gasteiger partial charge on any atom is -0.449 e. The van der Waals surface area contributed by atoms with E-state index in [1.807, 2.05) is 6.92 Å². The van der Waals surface area contributed by atoms with Crippen molar-refractivity contribution in [2.45, 2.75) is 38.6 Å². The van der Waals surface area contributed by atoms with Crippen molar-refractivity contribution in [2.24, 2.45) is 0 Å². The summed E-state index contributed by atoms with van der Waals surface area (Å²) in [5.41, 5.74) is 0.747. The third kappa shape index (κ3) is 3.60. The van der Waals surface area contributed by atoms with E-state index in [9.17, 15) is 14.0 Å². The molecule has 2 rings (SSSR count). The number of nitrogens with zero attached hydrogens (tertiary/aromatic N) is 1. The number of unbranched alkanes of at least 4 members (excludes halogenated alkanes) is 1. The van der Waals surface area contributed by atoms with Gasteiger partial charge in [0.1, 0.15) is 5.82 Å². The first-order chi connectivity index (χ1) is 10.2. The summed E-state index contributed by atoms with van der Waals surface area (Å²) in [5, 5.41) is 0.